The van der Waals surface area contributed by atoms with Gasteiger partial charge in [0.05, 0.1) is 11.1 Å². The number of aldehydes is 1. The first-order valence-corrected chi connectivity index (χ1v) is 8.64. The lowest BCUT2D eigenvalue weighted by molar-refractivity contribution is 0.101. The molecule has 0 fully saturated rings. The van der Waals surface area contributed by atoms with Crippen LogP contribution in [0.25, 0.3) is 11.3 Å². The standard InChI is InChI=1S/C20H17ClN2O4/c1-12(2)26-18-8-7-15(9-16(18)21)22-20(25)17-10-19(27-23-17)14-5-3-13(11-24)4-6-14/h3-12H,1-2H3,(H,22,25). The quantitative estimate of drug-likeness (QED) is 0.614. The van der Waals surface area contributed by atoms with Gasteiger partial charge in [-0.05, 0) is 32.0 Å². The van der Waals surface area contributed by atoms with E-state index in [4.69, 9.17) is 20.9 Å². The molecule has 1 amide bonds. The molecule has 6 nitrogen and oxygen atoms in total. The molecule has 0 bridgehead atoms. The average Bonchev–Trinajstić information content (AvgIpc) is 3.14. The Labute approximate surface area is 161 Å². The van der Waals surface area contributed by atoms with E-state index in [0.717, 1.165) is 6.29 Å². The molecule has 0 aliphatic carbocycles. The van der Waals surface area contributed by atoms with E-state index >= 15 is 0 Å². The molecule has 0 unspecified atom stereocenters. The van der Waals surface area contributed by atoms with Crippen LogP contribution in [0.5, 0.6) is 5.75 Å². The van der Waals surface area contributed by atoms with Crippen molar-refractivity contribution in [2.45, 2.75) is 20.0 Å². The Morgan fingerprint density at radius 2 is 1.93 bits per heavy atom. The Bertz CT molecular complexity index is 964. The molecular formula is C20H17ClN2O4. The van der Waals surface area contributed by atoms with E-state index in [9.17, 15) is 9.59 Å². The van der Waals surface area contributed by atoms with E-state index in [1.807, 2.05) is 13.8 Å². The number of amides is 1. The van der Waals surface area contributed by atoms with Crippen LogP contribution < -0.4 is 10.1 Å². The van der Waals surface area contributed by atoms with E-state index < -0.39 is 5.91 Å². The summed E-state index contributed by atoms with van der Waals surface area (Å²) in [5, 5.41) is 6.91. The molecule has 0 radical (unpaired) electrons. The summed E-state index contributed by atoms with van der Waals surface area (Å²) in [6, 6.07) is 13.3. The number of ether oxygens (including phenoxy) is 1. The van der Waals surface area contributed by atoms with Gasteiger partial charge in [-0.3, -0.25) is 9.59 Å². The number of nitrogens with zero attached hydrogens (tertiary/aromatic N) is 1. The van der Waals surface area contributed by atoms with Crippen molar-refractivity contribution >= 4 is 29.5 Å². The van der Waals surface area contributed by atoms with E-state index in [0.29, 0.717) is 33.3 Å². The topological polar surface area (TPSA) is 81.4 Å². The number of aromatic nitrogens is 1. The Hall–Kier alpha value is -3.12. The summed E-state index contributed by atoms with van der Waals surface area (Å²) in [5.74, 6) is 0.548. The van der Waals surface area contributed by atoms with E-state index in [1.165, 1.54) is 6.07 Å². The minimum atomic E-state index is -0.428. The van der Waals surface area contributed by atoms with Crippen LogP contribution in [0.15, 0.2) is 53.1 Å². The molecule has 7 heteroatoms. The number of anilines is 1. The highest BCUT2D eigenvalue weighted by Gasteiger charge is 2.15. The number of rotatable bonds is 6. The van der Waals surface area contributed by atoms with Gasteiger partial charge in [-0.25, -0.2) is 0 Å². The molecule has 27 heavy (non-hydrogen) atoms. The van der Waals surface area contributed by atoms with Crippen molar-refractivity contribution in [3.8, 4) is 17.1 Å². The van der Waals surface area contributed by atoms with Gasteiger partial charge in [-0.15, -0.1) is 0 Å². The molecule has 2 aromatic carbocycles. The highest BCUT2D eigenvalue weighted by molar-refractivity contribution is 6.32. The van der Waals surface area contributed by atoms with Gasteiger partial charge >= 0.3 is 0 Å². The van der Waals surface area contributed by atoms with Gasteiger partial charge in [-0.1, -0.05) is 41.0 Å². The van der Waals surface area contributed by atoms with Crippen LogP contribution in [0.4, 0.5) is 5.69 Å². The lowest BCUT2D eigenvalue weighted by Gasteiger charge is -2.12. The van der Waals surface area contributed by atoms with Crippen LogP contribution in [-0.2, 0) is 0 Å². The van der Waals surface area contributed by atoms with Gasteiger partial charge in [0.2, 0.25) is 0 Å². The van der Waals surface area contributed by atoms with Crippen molar-refractivity contribution in [3.05, 3.63) is 64.8 Å². The Balaban J connectivity index is 1.72. The van der Waals surface area contributed by atoms with Gasteiger partial charge < -0.3 is 14.6 Å². The van der Waals surface area contributed by atoms with Crippen molar-refractivity contribution in [3.63, 3.8) is 0 Å². The maximum Gasteiger partial charge on any atom is 0.277 e. The summed E-state index contributed by atoms with van der Waals surface area (Å²) in [4.78, 5) is 23.1. The lowest BCUT2D eigenvalue weighted by Crippen LogP contribution is -2.12. The molecule has 0 aliphatic heterocycles. The minimum Gasteiger partial charge on any atom is -0.489 e. The normalized spacial score (nSPS) is 10.7. The van der Waals surface area contributed by atoms with Crippen molar-refractivity contribution in [2.24, 2.45) is 0 Å². The zero-order valence-corrected chi connectivity index (χ0v) is 15.5. The van der Waals surface area contributed by atoms with Crippen LogP contribution in [-0.4, -0.2) is 23.5 Å². The number of carbonyl (C=O) groups is 2. The molecule has 3 rings (SSSR count). The molecule has 1 heterocycles. The molecule has 0 atom stereocenters. The number of hydrogen-bond acceptors (Lipinski definition) is 5. The van der Waals surface area contributed by atoms with Gasteiger partial charge in [0, 0.05) is 22.9 Å². The van der Waals surface area contributed by atoms with Gasteiger partial charge in [0.25, 0.3) is 5.91 Å². The first-order chi connectivity index (χ1) is 13.0. The number of halogens is 1. The van der Waals surface area contributed by atoms with Crippen molar-refractivity contribution < 1.29 is 18.8 Å². The second kappa shape index (κ2) is 8.05. The summed E-state index contributed by atoms with van der Waals surface area (Å²) in [6.45, 7) is 3.81. The first kappa shape index (κ1) is 18.7. The van der Waals surface area contributed by atoms with Crippen molar-refractivity contribution in [1.29, 1.82) is 0 Å². The molecule has 0 saturated carbocycles. The third-order valence-electron chi connectivity index (χ3n) is 3.63. The number of nitrogens with one attached hydrogen (secondary N) is 1. The first-order valence-electron chi connectivity index (χ1n) is 8.26. The maximum atomic E-state index is 12.4. The molecule has 0 aliphatic rings. The predicted molar refractivity (Wildman–Crippen MR) is 102 cm³/mol. The van der Waals surface area contributed by atoms with E-state index in [-0.39, 0.29) is 11.8 Å². The zero-order valence-electron chi connectivity index (χ0n) is 14.7. The Morgan fingerprint density at radius 1 is 1.19 bits per heavy atom. The van der Waals surface area contributed by atoms with Gasteiger partial charge in [-0.2, -0.15) is 0 Å². The fourth-order valence-electron chi connectivity index (χ4n) is 2.37. The third kappa shape index (κ3) is 4.54. The monoisotopic (exact) mass is 384 g/mol. The Morgan fingerprint density at radius 3 is 2.56 bits per heavy atom. The molecule has 0 saturated heterocycles. The van der Waals surface area contributed by atoms with Crippen LogP contribution in [0, 0.1) is 0 Å². The summed E-state index contributed by atoms with van der Waals surface area (Å²) in [7, 11) is 0. The fraction of sp³-hybridized carbons (Fsp3) is 0.150. The predicted octanol–water partition coefficient (Wildman–Crippen LogP) is 4.85. The Kier molecular flexibility index (Phi) is 5.57. The molecular weight excluding hydrogens is 368 g/mol. The zero-order chi connectivity index (χ0) is 19.4. The van der Waals surface area contributed by atoms with Crippen molar-refractivity contribution in [1.82, 2.24) is 5.16 Å². The van der Waals surface area contributed by atoms with Gasteiger partial charge in [0.1, 0.15) is 12.0 Å². The van der Waals surface area contributed by atoms with Gasteiger partial charge in [0.15, 0.2) is 11.5 Å². The number of hydrogen-bond donors (Lipinski definition) is 1. The number of carbonyl (C=O) groups excluding carboxylic acids is 2. The summed E-state index contributed by atoms with van der Waals surface area (Å²) in [5.41, 5.74) is 1.91. The summed E-state index contributed by atoms with van der Waals surface area (Å²) in [6.07, 6.45) is 0.753. The fourth-order valence-corrected chi connectivity index (χ4v) is 2.59. The molecule has 3 aromatic rings. The SMILES string of the molecule is CC(C)Oc1ccc(NC(=O)c2cc(-c3ccc(C=O)cc3)on2)cc1Cl. The lowest BCUT2D eigenvalue weighted by atomic mass is 10.1. The smallest absolute Gasteiger partial charge is 0.277 e. The highest BCUT2D eigenvalue weighted by atomic mass is 35.5. The average molecular weight is 385 g/mol. The summed E-state index contributed by atoms with van der Waals surface area (Å²) >= 11 is 6.18. The van der Waals surface area contributed by atoms with Crippen molar-refractivity contribution in [2.75, 3.05) is 5.32 Å². The number of benzene rings is 2. The maximum absolute atomic E-state index is 12.4. The summed E-state index contributed by atoms with van der Waals surface area (Å²) < 4.78 is 10.8. The van der Waals surface area contributed by atoms with Crippen LogP contribution in [0.1, 0.15) is 34.7 Å². The highest BCUT2D eigenvalue weighted by Crippen LogP contribution is 2.29. The molecule has 0 spiro atoms. The minimum absolute atomic E-state index is 0.00269. The molecule has 1 aromatic heterocycles. The second-order valence-corrected chi connectivity index (χ2v) is 6.49. The van der Waals surface area contributed by atoms with Crippen LogP contribution in [0.2, 0.25) is 5.02 Å². The molecule has 1 N–H and O–H groups in total. The second-order valence-electron chi connectivity index (χ2n) is 6.08. The van der Waals surface area contributed by atoms with E-state index in [2.05, 4.69) is 10.5 Å². The van der Waals surface area contributed by atoms with Crippen LogP contribution >= 0.6 is 11.6 Å². The van der Waals surface area contributed by atoms with Crippen LogP contribution in [0.3, 0.4) is 0 Å². The largest absolute Gasteiger partial charge is 0.489 e. The third-order valence-corrected chi connectivity index (χ3v) is 3.92. The molecule has 138 valence electrons. The van der Waals surface area contributed by atoms with E-state index in [1.54, 1.807) is 42.5 Å².